The van der Waals surface area contributed by atoms with Gasteiger partial charge in [-0.15, -0.1) is 0 Å². The number of benzene rings is 3. The maximum Gasteiger partial charge on any atom is 0.339 e. The summed E-state index contributed by atoms with van der Waals surface area (Å²) in [5.74, 6) is 0.283. The lowest BCUT2D eigenvalue weighted by Gasteiger charge is -2.19. The van der Waals surface area contributed by atoms with Gasteiger partial charge in [-0.1, -0.05) is 47.5 Å². The van der Waals surface area contributed by atoms with Crippen molar-refractivity contribution < 1.29 is 22.1 Å². The van der Waals surface area contributed by atoms with E-state index in [-0.39, 0.29) is 22.4 Å². The Labute approximate surface area is 197 Å². The van der Waals surface area contributed by atoms with Crippen LogP contribution >= 0.6 is 11.6 Å². The summed E-state index contributed by atoms with van der Waals surface area (Å²) < 4.78 is 36.1. The molecule has 1 aliphatic rings. The first-order valence-corrected chi connectivity index (χ1v) is 11.9. The second-order valence-electron chi connectivity index (χ2n) is 7.52. The fraction of sp³-hybridized carbons (Fsp3) is 0.167. The van der Waals surface area contributed by atoms with Crippen molar-refractivity contribution >= 4 is 33.8 Å². The summed E-state index contributed by atoms with van der Waals surface area (Å²) in [6.07, 6.45) is 1.14. The van der Waals surface area contributed by atoms with E-state index in [0.717, 1.165) is 22.4 Å². The number of hydrogen-bond donors (Lipinski definition) is 0. The SMILES string of the molecule is COc1cc(C2CC(c3ccc(Cl)cc3)=NN2C=O)ccc1OS(=O)(=O)c1ccc(C)cc1. The predicted octanol–water partition coefficient (Wildman–Crippen LogP) is 4.73. The molecule has 1 amide bonds. The summed E-state index contributed by atoms with van der Waals surface area (Å²) in [5.41, 5.74) is 3.27. The molecule has 0 spiro atoms. The third kappa shape index (κ3) is 4.86. The number of ether oxygens (including phenoxy) is 1. The quantitative estimate of drug-likeness (QED) is 0.357. The first-order chi connectivity index (χ1) is 15.8. The zero-order valence-electron chi connectivity index (χ0n) is 17.9. The van der Waals surface area contributed by atoms with Crippen molar-refractivity contribution in [3.05, 3.63) is 88.4 Å². The van der Waals surface area contributed by atoms with Crippen LogP contribution in [0, 0.1) is 6.92 Å². The van der Waals surface area contributed by atoms with E-state index < -0.39 is 10.1 Å². The van der Waals surface area contributed by atoms with Gasteiger partial charge in [-0.2, -0.15) is 13.5 Å². The minimum Gasteiger partial charge on any atom is -0.493 e. The Kier molecular flexibility index (Phi) is 6.40. The fourth-order valence-electron chi connectivity index (χ4n) is 3.54. The number of hydrazone groups is 1. The van der Waals surface area contributed by atoms with E-state index >= 15 is 0 Å². The van der Waals surface area contributed by atoms with Gasteiger partial charge in [0.2, 0.25) is 6.41 Å². The van der Waals surface area contributed by atoms with Crippen LogP contribution in [0.3, 0.4) is 0 Å². The molecular formula is C24H21ClN2O5S. The average molecular weight is 485 g/mol. The van der Waals surface area contributed by atoms with Crippen LogP contribution in [0.25, 0.3) is 0 Å². The lowest BCUT2D eigenvalue weighted by atomic mass is 9.98. The van der Waals surface area contributed by atoms with Gasteiger partial charge >= 0.3 is 10.1 Å². The van der Waals surface area contributed by atoms with E-state index in [2.05, 4.69) is 5.10 Å². The van der Waals surface area contributed by atoms with Gasteiger partial charge in [0, 0.05) is 11.4 Å². The maximum absolute atomic E-state index is 12.7. The molecular weight excluding hydrogens is 464 g/mol. The summed E-state index contributed by atoms with van der Waals surface area (Å²) in [4.78, 5) is 11.7. The highest BCUT2D eigenvalue weighted by Gasteiger charge is 2.30. The number of carbonyl (C=O) groups is 1. The van der Waals surface area contributed by atoms with Crippen LogP contribution in [0.5, 0.6) is 11.5 Å². The zero-order valence-corrected chi connectivity index (χ0v) is 19.5. The Balaban J connectivity index is 1.59. The van der Waals surface area contributed by atoms with Gasteiger partial charge in [-0.3, -0.25) is 4.79 Å². The molecule has 7 nitrogen and oxygen atoms in total. The molecule has 1 unspecified atom stereocenters. The second kappa shape index (κ2) is 9.25. The molecule has 1 aliphatic heterocycles. The predicted molar refractivity (Wildman–Crippen MR) is 125 cm³/mol. The van der Waals surface area contributed by atoms with Crippen LogP contribution in [-0.4, -0.2) is 32.7 Å². The van der Waals surface area contributed by atoms with Gasteiger partial charge in [-0.05, 0) is 54.4 Å². The average Bonchev–Trinajstić information content (AvgIpc) is 3.24. The molecule has 0 saturated carbocycles. The van der Waals surface area contributed by atoms with Crippen molar-refractivity contribution in [3.8, 4) is 11.5 Å². The molecule has 1 atom stereocenters. The Bertz CT molecular complexity index is 1310. The molecule has 0 fully saturated rings. The number of halogens is 1. The molecule has 4 rings (SSSR count). The number of nitrogens with zero attached hydrogens (tertiary/aromatic N) is 2. The normalized spacial score (nSPS) is 15.8. The smallest absolute Gasteiger partial charge is 0.339 e. The molecule has 170 valence electrons. The molecule has 9 heteroatoms. The van der Waals surface area contributed by atoms with E-state index in [1.54, 1.807) is 36.4 Å². The Morgan fingerprint density at radius 2 is 1.73 bits per heavy atom. The molecule has 0 bridgehead atoms. The van der Waals surface area contributed by atoms with Gasteiger partial charge in [-0.25, -0.2) is 5.01 Å². The standard InChI is InChI=1S/C24H21ClN2O5S/c1-16-3-10-20(11-4-16)33(29,30)32-23-12-7-18(13-24(23)31-2)22-14-21(26-27(22)15-28)17-5-8-19(25)9-6-17/h3-13,15,22H,14H2,1-2H3. The highest BCUT2D eigenvalue weighted by molar-refractivity contribution is 7.87. The van der Waals surface area contributed by atoms with Gasteiger partial charge in [0.05, 0.1) is 18.9 Å². The summed E-state index contributed by atoms with van der Waals surface area (Å²) in [6.45, 7) is 1.87. The van der Waals surface area contributed by atoms with Crippen molar-refractivity contribution in [1.82, 2.24) is 5.01 Å². The van der Waals surface area contributed by atoms with Gasteiger partial charge in [0.25, 0.3) is 0 Å². The number of rotatable bonds is 7. The molecule has 3 aromatic carbocycles. The van der Waals surface area contributed by atoms with E-state index in [9.17, 15) is 13.2 Å². The molecule has 0 aliphatic carbocycles. The van der Waals surface area contributed by atoms with E-state index in [1.165, 1.54) is 30.3 Å². The lowest BCUT2D eigenvalue weighted by molar-refractivity contribution is -0.119. The topological polar surface area (TPSA) is 85.3 Å². The van der Waals surface area contributed by atoms with Crippen molar-refractivity contribution in [3.63, 3.8) is 0 Å². The van der Waals surface area contributed by atoms with E-state index in [0.29, 0.717) is 17.9 Å². The van der Waals surface area contributed by atoms with Crippen LogP contribution in [0.2, 0.25) is 5.02 Å². The Morgan fingerprint density at radius 3 is 2.36 bits per heavy atom. The van der Waals surface area contributed by atoms with Crippen LogP contribution in [-0.2, 0) is 14.9 Å². The molecule has 0 saturated heterocycles. The van der Waals surface area contributed by atoms with E-state index in [4.69, 9.17) is 20.5 Å². The van der Waals surface area contributed by atoms with Crippen LogP contribution in [0.15, 0.2) is 76.7 Å². The largest absolute Gasteiger partial charge is 0.493 e. The Morgan fingerprint density at radius 1 is 1.03 bits per heavy atom. The number of aryl methyl sites for hydroxylation is 1. The number of methoxy groups -OCH3 is 1. The van der Waals surface area contributed by atoms with Gasteiger partial charge in [0.1, 0.15) is 4.90 Å². The van der Waals surface area contributed by atoms with E-state index in [1.807, 2.05) is 19.1 Å². The van der Waals surface area contributed by atoms with Gasteiger partial charge < -0.3 is 8.92 Å². The first kappa shape index (κ1) is 22.8. The summed E-state index contributed by atoms with van der Waals surface area (Å²) in [7, 11) is -2.62. The first-order valence-electron chi connectivity index (χ1n) is 10.1. The van der Waals surface area contributed by atoms with Crippen molar-refractivity contribution in [2.45, 2.75) is 24.3 Å². The number of amides is 1. The van der Waals surface area contributed by atoms with Crippen LogP contribution < -0.4 is 8.92 Å². The Hall–Kier alpha value is -3.36. The van der Waals surface area contributed by atoms with Gasteiger partial charge in [0.15, 0.2) is 11.5 Å². The van der Waals surface area contributed by atoms with Crippen molar-refractivity contribution in [1.29, 1.82) is 0 Å². The fourth-order valence-corrected chi connectivity index (χ4v) is 4.61. The van der Waals surface area contributed by atoms with Crippen LogP contribution in [0.1, 0.15) is 29.2 Å². The third-order valence-electron chi connectivity index (χ3n) is 5.31. The van der Waals surface area contributed by atoms with Crippen molar-refractivity contribution in [2.24, 2.45) is 5.10 Å². The third-order valence-corrected chi connectivity index (χ3v) is 6.81. The molecule has 0 aromatic heterocycles. The minimum atomic E-state index is -4.04. The summed E-state index contributed by atoms with van der Waals surface area (Å²) in [5, 5.41) is 6.37. The molecule has 3 aromatic rings. The maximum atomic E-state index is 12.7. The molecule has 1 heterocycles. The molecule has 33 heavy (non-hydrogen) atoms. The highest BCUT2D eigenvalue weighted by Crippen LogP contribution is 2.37. The summed E-state index contributed by atoms with van der Waals surface area (Å²) in [6, 6.07) is 18.1. The lowest BCUT2D eigenvalue weighted by Crippen LogP contribution is -2.17. The zero-order chi connectivity index (χ0) is 23.6. The number of hydrogen-bond acceptors (Lipinski definition) is 6. The minimum absolute atomic E-state index is 0.0446. The second-order valence-corrected chi connectivity index (χ2v) is 9.50. The monoisotopic (exact) mass is 484 g/mol. The van der Waals surface area contributed by atoms with Crippen molar-refractivity contribution in [2.75, 3.05) is 7.11 Å². The molecule has 0 radical (unpaired) electrons. The molecule has 0 N–H and O–H groups in total. The highest BCUT2D eigenvalue weighted by atomic mass is 35.5. The number of carbonyl (C=O) groups excluding carboxylic acids is 1. The van der Waals surface area contributed by atoms with Crippen LogP contribution in [0.4, 0.5) is 0 Å². The summed E-state index contributed by atoms with van der Waals surface area (Å²) >= 11 is 5.96.